The van der Waals surface area contributed by atoms with Crippen LogP contribution in [0.1, 0.15) is 34.9 Å². The zero-order chi connectivity index (χ0) is 12.1. The average Bonchev–Trinajstić information content (AvgIpc) is 2.66. The standard InChI is InChI=1S/C10H14N2O3S/c1-3-4-8-11-5-7(16-8)9(13)12-6(2)10(14)15/h5-6H,3-4H2,1-2H3,(H,12,13)(H,14,15)/t6-/m0/s1. The van der Waals surface area contributed by atoms with E-state index in [1.54, 1.807) is 0 Å². The number of amides is 1. The molecule has 0 aliphatic carbocycles. The lowest BCUT2D eigenvalue weighted by Gasteiger charge is -2.06. The normalized spacial score (nSPS) is 12.1. The van der Waals surface area contributed by atoms with Crippen molar-refractivity contribution in [3.8, 4) is 0 Å². The molecule has 0 aromatic carbocycles. The number of nitrogens with zero attached hydrogens (tertiary/aromatic N) is 1. The summed E-state index contributed by atoms with van der Waals surface area (Å²) < 4.78 is 0. The van der Waals surface area contributed by atoms with Gasteiger partial charge in [-0.05, 0) is 19.8 Å². The Balaban J connectivity index is 2.62. The van der Waals surface area contributed by atoms with Crippen LogP contribution in [0.15, 0.2) is 6.20 Å². The van der Waals surface area contributed by atoms with Gasteiger partial charge in [0.05, 0.1) is 11.2 Å². The molecule has 1 rings (SSSR count). The summed E-state index contributed by atoms with van der Waals surface area (Å²) in [5, 5.41) is 11.9. The molecule has 0 spiro atoms. The van der Waals surface area contributed by atoms with Gasteiger partial charge in [-0.3, -0.25) is 9.59 Å². The van der Waals surface area contributed by atoms with Crippen molar-refractivity contribution < 1.29 is 14.7 Å². The molecule has 1 heterocycles. The van der Waals surface area contributed by atoms with Gasteiger partial charge in [0.15, 0.2) is 0 Å². The van der Waals surface area contributed by atoms with E-state index in [0.717, 1.165) is 17.8 Å². The number of aliphatic carboxylic acids is 1. The lowest BCUT2D eigenvalue weighted by Crippen LogP contribution is -2.37. The second kappa shape index (κ2) is 5.60. The maximum atomic E-state index is 11.6. The minimum Gasteiger partial charge on any atom is -0.480 e. The van der Waals surface area contributed by atoms with Crippen molar-refractivity contribution in [2.24, 2.45) is 0 Å². The quantitative estimate of drug-likeness (QED) is 0.815. The lowest BCUT2D eigenvalue weighted by molar-refractivity contribution is -0.138. The van der Waals surface area contributed by atoms with Gasteiger partial charge < -0.3 is 10.4 Å². The molecule has 1 aromatic rings. The molecular weight excluding hydrogens is 228 g/mol. The zero-order valence-corrected chi connectivity index (χ0v) is 10.0. The molecule has 1 amide bonds. The maximum absolute atomic E-state index is 11.6. The summed E-state index contributed by atoms with van der Waals surface area (Å²) in [4.78, 5) is 26.7. The molecule has 0 unspecified atom stereocenters. The van der Waals surface area contributed by atoms with E-state index in [-0.39, 0.29) is 5.91 Å². The van der Waals surface area contributed by atoms with Gasteiger partial charge in [0.25, 0.3) is 5.91 Å². The van der Waals surface area contributed by atoms with Crippen LogP contribution < -0.4 is 5.32 Å². The molecule has 0 radical (unpaired) electrons. The smallest absolute Gasteiger partial charge is 0.325 e. The summed E-state index contributed by atoms with van der Waals surface area (Å²) in [5.41, 5.74) is 0. The maximum Gasteiger partial charge on any atom is 0.325 e. The van der Waals surface area contributed by atoms with E-state index < -0.39 is 12.0 Å². The number of carboxylic acid groups (broad SMARTS) is 1. The molecule has 88 valence electrons. The van der Waals surface area contributed by atoms with Gasteiger partial charge in [-0.2, -0.15) is 0 Å². The number of carbonyl (C=O) groups is 2. The van der Waals surface area contributed by atoms with E-state index in [0.29, 0.717) is 4.88 Å². The number of carbonyl (C=O) groups excluding carboxylic acids is 1. The van der Waals surface area contributed by atoms with Gasteiger partial charge in [-0.1, -0.05) is 6.92 Å². The second-order valence-electron chi connectivity index (χ2n) is 3.40. The van der Waals surface area contributed by atoms with Crippen molar-refractivity contribution in [2.45, 2.75) is 32.7 Å². The topological polar surface area (TPSA) is 79.3 Å². The number of aromatic nitrogens is 1. The molecule has 2 N–H and O–H groups in total. The van der Waals surface area contributed by atoms with Crippen molar-refractivity contribution in [3.05, 3.63) is 16.1 Å². The SMILES string of the molecule is CCCc1ncc(C(=O)N[C@@H](C)C(=O)O)s1. The Hall–Kier alpha value is -1.43. The number of rotatable bonds is 5. The molecular formula is C10H14N2O3S. The van der Waals surface area contributed by atoms with Gasteiger partial charge in [0, 0.05) is 0 Å². The molecule has 0 saturated heterocycles. The highest BCUT2D eigenvalue weighted by atomic mass is 32.1. The third kappa shape index (κ3) is 3.30. The fourth-order valence-electron chi connectivity index (χ4n) is 1.07. The van der Waals surface area contributed by atoms with Crippen LogP contribution in [0.25, 0.3) is 0 Å². The molecule has 0 bridgehead atoms. The van der Waals surface area contributed by atoms with Crippen molar-refractivity contribution in [2.75, 3.05) is 0 Å². The summed E-state index contributed by atoms with van der Waals surface area (Å²) in [6, 6.07) is -0.885. The van der Waals surface area contributed by atoms with Crippen molar-refractivity contribution in [1.82, 2.24) is 10.3 Å². The number of nitrogens with one attached hydrogen (secondary N) is 1. The van der Waals surface area contributed by atoms with Gasteiger partial charge in [-0.15, -0.1) is 11.3 Å². The molecule has 0 fully saturated rings. The van der Waals surface area contributed by atoms with Gasteiger partial charge in [0.2, 0.25) is 0 Å². The fraction of sp³-hybridized carbons (Fsp3) is 0.500. The zero-order valence-electron chi connectivity index (χ0n) is 9.19. The highest BCUT2D eigenvalue weighted by Crippen LogP contribution is 2.14. The summed E-state index contributed by atoms with van der Waals surface area (Å²) >= 11 is 1.30. The minimum absolute atomic E-state index is 0.380. The monoisotopic (exact) mass is 242 g/mol. The van der Waals surface area contributed by atoms with E-state index in [9.17, 15) is 9.59 Å². The van der Waals surface area contributed by atoms with Crippen LogP contribution in [0.2, 0.25) is 0 Å². The van der Waals surface area contributed by atoms with E-state index >= 15 is 0 Å². The highest BCUT2D eigenvalue weighted by Gasteiger charge is 2.16. The first-order chi connectivity index (χ1) is 7.54. The first-order valence-corrected chi connectivity index (χ1v) is 5.84. The number of carboxylic acids is 1. The predicted octanol–water partition coefficient (Wildman–Crippen LogP) is 1.30. The minimum atomic E-state index is -1.05. The number of hydrogen-bond acceptors (Lipinski definition) is 4. The molecule has 6 heteroatoms. The predicted molar refractivity (Wildman–Crippen MR) is 60.7 cm³/mol. The summed E-state index contributed by atoms with van der Waals surface area (Å²) in [7, 11) is 0. The van der Waals surface area contributed by atoms with Crippen LogP contribution in [0.3, 0.4) is 0 Å². The molecule has 1 aromatic heterocycles. The van der Waals surface area contributed by atoms with Crippen LogP contribution in [0.4, 0.5) is 0 Å². The molecule has 1 atom stereocenters. The van der Waals surface area contributed by atoms with Crippen molar-refractivity contribution in [1.29, 1.82) is 0 Å². The molecule has 0 aliphatic rings. The Morgan fingerprint density at radius 3 is 2.88 bits per heavy atom. The Morgan fingerprint density at radius 1 is 1.62 bits per heavy atom. The molecule has 0 aliphatic heterocycles. The van der Waals surface area contributed by atoms with E-state index in [2.05, 4.69) is 10.3 Å². The fourth-order valence-corrected chi connectivity index (χ4v) is 2.00. The van der Waals surface area contributed by atoms with E-state index in [1.807, 2.05) is 6.92 Å². The van der Waals surface area contributed by atoms with Gasteiger partial charge in [0.1, 0.15) is 10.9 Å². The van der Waals surface area contributed by atoms with Crippen LogP contribution in [-0.2, 0) is 11.2 Å². The third-order valence-corrected chi connectivity index (χ3v) is 3.02. The second-order valence-corrected chi connectivity index (χ2v) is 4.52. The van der Waals surface area contributed by atoms with Gasteiger partial charge >= 0.3 is 5.97 Å². The first-order valence-electron chi connectivity index (χ1n) is 5.03. The Labute approximate surface area is 97.5 Å². The van der Waals surface area contributed by atoms with Crippen LogP contribution in [0, 0.1) is 0 Å². The van der Waals surface area contributed by atoms with E-state index in [1.165, 1.54) is 24.5 Å². The summed E-state index contributed by atoms with van der Waals surface area (Å²) in [6.07, 6.45) is 3.30. The Bertz CT molecular complexity index is 389. The number of aryl methyl sites for hydroxylation is 1. The molecule has 5 nitrogen and oxygen atoms in total. The third-order valence-electron chi connectivity index (χ3n) is 1.96. The number of hydrogen-bond donors (Lipinski definition) is 2. The number of thiazole rings is 1. The largest absolute Gasteiger partial charge is 0.480 e. The summed E-state index contributed by atoms with van der Waals surface area (Å²) in [5.74, 6) is -1.43. The van der Waals surface area contributed by atoms with Gasteiger partial charge in [-0.25, -0.2) is 4.98 Å². The molecule has 0 saturated carbocycles. The average molecular weight is 242 g/mol. The van der Waals surface area contributed by atoms with Crippen LogP contribution >= 0.6 is 11.3 Å². The highest BCUT2D eigenvalue weighted by molar-refractivity contribution is 7.13. The first kappa shape index (κ1) is 12.6. The Kier molecular flexibility index (Phi) is 4.42. The molecule has 16 heavy (non-hydrogen) atoms. The van der Waals surface area contributed by atoms with Crippen molar-refractivity contribution >= 4 is 23.2 Å². The van der Waals surface area contributed by atoms with Crippen LogP contribution in [-0.4, -0.2) is 28.0 Å². The van der Waals surface area contributed by atoms with Crippen LogP contribution in [0.5, 0.6) is 0 Å². The van der Waals surface area contributed by atoms with Crippen molar-refractivity contribution in [3.63, 3.8) is 0 Å². The summed E-state index contributed by atoms with van der Waals surface area (Å²) in [6.45, 7) is 3.46. The lowest BCUT2D eigenvalue weighted by atomic mass is 10.3. The van der Waals surface area contributed by atoms with E-state index in [4.69, 9.17) is 5.11 Å². The Morgan fingerprint density at radius 2 is 2.31 bits per heavy atom.